The molecule has 1 amide bonds. The van der Waals surface area contributed by atoms with Crippen LogP contribution in [-0.4, -0.2) is 41.5 Å². The molecule has 5 heteroatoms. The number of pyridine rings is 1. The highest BCUT2D eigenvalue weighted by atomic mass is 16.2. The standard InChI is InChI=1S/C14H22N4O/c1-3-12-14(19)17-8-9-18(12)10-11-6-5-7-16-13(11)15-4-2/h5-7,12H,3-4,8-10H2,1-2H3,(H,15,16)(H,17,19). The van der Waals surface area contributed by atoms with Crippen molar-refractivity contribution in [2.45, 2.75) is 32.9 Å². The quantitative estimate of drug-likeness (QED) is 0.838. The predicted octanol–water partition coefficient (Wildman–Crippen LogP) is 1.22. The summed E-state index contributed by atoms with van der Waals surface area (Å²) in [6.07, 6.45) is 2.63. The van der Waals surface area contributed by atoms with Gasteiger partial charge in [0.05, 0.1) is 6.04 Å². The number of carbonyl (C=O) groups excluding carboxylic acids is 1. The highest BCUT2D eigenvalue weighted by molar-refractivity contribution is 5.82. The lowest BCUT2D eigenvalue weighted by molar-refractivity contribution is -0.129. The van der Waals surface area contributed by atoms with E-state index < -0.39 is 0 Å². The Morgan fingerprint density at radius 1 is 1.53 bits per heavy atom. The number of nitrogens with one attached hydrogen (secondary N) is 2. The van der Waals surface area contributed by atoms with Crippen LogP contribution in [0.3, 0.4) is 0 Å². The molecule has 104 valence electrons. The second-order valence-corrected chi connectivity index (χ2v) is 4.73. The summed E-state index contributed by atoms with van der Waals surface area (Å²) < 4.78 is 0. The van der Waals surface area contributed by atoms with E-state index in [0.717, 1.165) is 44.0 Å². The maximum absolute atomic E-state index is 11.9. The summed E-state index contributed by atoms with van der Waals surface area (Å²) in [5.74, 6) is 1.06. The zero-order valence-corrected chi connectivity index (χ0v) is 11.6. The van der Waals surface area contributed by atoms with Crippen LogP contribution < -0.4 is 10.6 Å². The Bertz CT molecular complexity index is 435. The van der Waals surface area contributed by atoms with Gasteiger partial charge < -0.3 is 10.6 Å². The first-order valence-electron chi connectivity index (χ1n) is 6.95. The molecule has 0 aromatic carbocycles. The maximum atomic E-state index is 11.9. The predicted molar refractivity (Wildman–Crippen MR) is 75.9 cm³/mol. The van der Waals surface area contributed by atoms with Gasteiger partial charge in [-0.2, -0.15) is 0 Å². The molecule has 1 aromatic rings. The Balaban J connectivity index is 2.13. The summed E-state index contributed by atoms with van der Waals surface area (Å²) in [4.78, 5) is 18.5. The van der Waals surface area contributed by atoms with Crippen LogP contribution in [0.25, 0.3) is 0 Å². The number of hydrogen-bond acceptors (Lipinski definition) is 4. The topological polar surface area (TPSA) is 57.3 Å². The third-order valence-corrected chi connectivity index (χ3v) is 3.44. The smallest absolute Gasteiger partial charge is 0.237 e. The molecule has 0 radical (unpaired) electrons. The summed E-state index contributed by atoms with van der Waals surface area (Å²) in [5.41, 5.74) is 1.15. The number of anilines is 1. The van der Waals surface area contributed by atoms with Crippen LogP contribution in [0, 0.1) is 0 Å². The first kappa shape index (κ1) is 13.8. The van der Waals surface area contributed by atoms with Gasteiger partial charge in [0.2, 0.25) is 5.91 Å². The number of aromatic nitrogens is 1. The minimum Gasteiger partial charge on any atom is -0.370 e. The third kappa shape index (κ3) is 3.23. The second-order valence-electron chi connectivity index (χ2n) is 4.73. The molecule has 0 bridgehead atoms. The summed E-state index contributed by atoms with van der Waals surface area (Å²) in [6.45, 7) is 7.35. The van der Waals surface area contributed by atoms with Gasteiger partial charge in [0.15, 0.2) is 0 Å². The Hall–Kier alpha value is -1.62. The van der Waals surface area contributed by atoms with Crippen LogP contribution in [0.5, 0.6) is 0 Å². The van der Waals surface area contributed by atoms with Crippen molar-refractivity contribution in [3.05, 3.63) is 23.9 Å². The van der Waals surface area contributed by atoms with Crippen LogP contribution >= 0.6 is 0 Å². The van der Waals surface area contributed by atoms with E-state index in [0.29, 0.717) is 0 Å². The van der Waals surface area contributed by atoms with Crippen LogP contribution in [0.15, 0.2) is 18.3 Å². The fourth-order valence-corrected chi connectivity index (χ4v) is 2.51. The fourth-order valence-electron chi connectivity index (χ4n) is 2.51. The Kier molecular flexibility index (Phi) is 4.74. The van der Waals surface area contributed by atoms with E-state index in [9.17, 15) is 4.79 Å². The first-order valence-corrected chi connectivity index (χ1v) is 6.95. The van der Waals surface area contributed by atoms with Gasteiger partial charge in [-0.3, -0.25) is 9.69 Å². The van der Waals surface area contributed by atoms with Crippen LogP contribution in [0.4, 0.5) is 5.82 Å². The van der Waals surface area contributed by atoms with E-state index in [1.165, 1.54) is 0 Å². The Morgan fingerprint density at radius 2 is 2.37 bits per heavy atom. The molecule has 1 aliphatic heterocycles. The van der Waals surface area contributed by atoms with Crippen molar-refractivity contribution in [1.82, 2.24) is 15.2 Å². The molecule has 19 heavy (non-hydrogen) atoms. The van der Waals surface area contributed by atoms with Gasteiger partial charge in [-0.1, -0.05) is 13.0 Å². The number of amides is 1. The van der Waals surface area contributed by atoms with Crippen molar-refractivity contribution < 1.29 is 4.79 Å². The van der Waals surface area contributed by atoms with Crippen molar-refractivity contribution in [3.63, 3.8) is 0 Å². The second kappa shape index (κ2) is 6.52. The number of rotatable bonds is 5. The van der Waals surface area contributed by atoms with Gasteiger partial charge in [0, 0.05) is 37.9 Å². The summed E-state index contributed by atoms with van der Waals surface area (Å²) >= 11 is 0. The molecule has 1 unspecified atom stereocenters. The Morgan fingerprint density at radius 3 is 3.11 bits per heavy atom. The molecule has 2 rings (SSSR count). The van der Waals surface area contributed by atoms with Gasteiger partial charge in [0.1, 0.15) is 5.82 Å². The first-order chi connectivity index (χ1) is 9.26. The maximum Gasteiger partial charge on any atom is 0.237 e. The molecule has 1 aliphatic rings. The summed E-state index contributed by atoms with van der Waals surface area (Å²) in [5, 5.41) is 6.20. The van der Waals surface area contributed by atoms with Gasteiger partial charge in [-0.05, 0) is 19.4 Å². The average Bonchev–Trinajstić information content (AvgIpc) is 2.41. The number of carbonyl (C=O) groups is 1. The average molecular weight is 262 g/mol. The molecule has 0 saturated carbocycles. The molecule has 1 aromatic heterocycles. The van der Waals surface area contributed by atoms with Crippen LogP contribution in [0.2, 0.25) is 0 Å². The van der Waals surface area contributed by atoms with E-state index in [1.54, 1.807) is 6.20 Å². The van der Waals surface area contributed by atoms with Crippen molar-refractivity contribution in [1.29, 1.82) is 0 Å². The molecule has 2 heterocycles. The van der Waals surface area contributed by atoms with E-state index in [4.69, 9.17) is 0 Å². The summed E-state index contributed by atoms with van der Waals surface area (Å²) in [6, 6.07) is 3.99. The molecule has 5 nitrogen and oxygen atoms in total. The van der Waals surface area contributed by atoms with E-state index in [2.05, 4.69) is 40.4 Å². The van der Waals surface area contributed by atoms with E-state index >= 15 is 0 Å². The fraction of sp³-hybridized carbons (Fsp3) is 0.571. The summed E-state index contributed by atoms with van der Waals surface area (Å²) in [7, 11) is 0. The molecular weight excluding hydrogens is 240 g/mol. The van der Waals surface area contributed by atoms with E-state index in [1.807, 2.05) is 6.07 Å². The van der Waals surface area contributed by atoms with Gasteiger partial charge in [0.25, 0.3) is 0 Å². The van der Waals surface area contributed by atoms with Crippen molar-refractivity contribution in [2.24, 2.45) is 0 Å². The van der Waals surface area contributed by atoms with E-state index in [-0.39, 0.29) is 11.9 Å². The Labute approximate surface area is 114 Å². The number of hydrogen-bond donors (Lipinski definition) is 2. The molecule has 1 atom stereocenters. The van der Waals surface area contributed by atoms with Gasteiger partial charge in [-0.15, -0.1) is 0 Å². The molecule has 2 N–H and O–H groups in total. The van der Waals surface area contributed by atoms with Gasteiger partial charge in [-0.25, -0.2) is 4.98 Å². The highest BCUT2D eigenvalue weighted by Gasteiger charge is 2.28. The molecular formula is C14H22N4O. The molecule has 1 fully saturated rings. The molecule has 0 aliphatic carbocycles. The SMILES string of the molecule is CCNc1ncccc1CN1CCNC(=O)C1CC. The number of nitrogens with zero attached hydrogens (tertiary/aromatic N) is 2. The lowest BCUT2D eigenvalue weighted by atomic mass is 10.1. The largest absolute Gasteiger partial charge is 0.370 e. The van der Waals surface area contributed by atoms with Gasteiger partial charge >= 0.3 is 0 Å². The lowest BCUT2D eigenvalue weighted by Gasteiger charge is -2.34. The molecule has 1 saturated heterocycles. The van der Waals surface area contributed by atoms with Crippen LogP contribution in [0.1, 0.15) is 25.8 Å². The minimum atomic E-state index is -0.0246. The van der Waals surface area contributed by atoms with Crippen LogP contribution in [-0.2, 0) is 11.3 Å². The minimum absolute atomic E-state index is 0.0246. The van der Waals surface area contributed by atoms with Crippen molar-refractivity contribution in [2.75, 3.05) is 25.0 Å². The lowest BCUT2D eigenvalue weighted by Crippen LogP contribution is -2.54. The zero-order chi connectivity index (χ0) is 13.7. The monoisotopic (exact) mass is 262 g/mol. The normalized spacial score (nSPS) is 20.1. The molecule has 0 spiro atoms. The highest BCUT2D eigenvalue weighted by Crippen LogP contribution is 2.18. The number of piperazine rings is 1. The third-order valence-electron chi connectivity index (χ3n) is 3.44. The zero-order valence-electron chi connectivity index (χ0n) is 11.6. The van der Waals surface area contributed by atoms with Crippen molar-refractivity contribution in [3.8, 4) is 0 Å². The van der Waals surface area contributed by atoms with Crippen molar-refractivity contribution >= 4 is 11.7 Å².